The van der Waals surface area contributed by atoms with Gasteiger partial charge in [-0.2, -0.15) is 0 Å². The maximum atomic E-state index is 10.3. The van der Waals surface area contributed by atoms with Gasteiger partial charge in [-0.15, -0.1) is 0 Å². The zero-order chi connectivity index (χ0) is 16.5. The van der Waals surface area contributed by atoms with E-state index in [1.54, 1.807) is 0 Å². The Kier molecular flexibility index (Phi) is 18.2. The van der Waals surface area contributed by atoms with E-state index in [2.05, 4.69) is 4.74 Å². The minimum Gasteiger partial charge on any atom is -0.483 e. The fourth-order valence-corrected chi connectivity index (χ4v) is 0.782. The van der Waals surface area contributed by atoms with E-state index in [4.69, 9.17) is 40.2 Å². The first-order chi connectivity index (χ1) is 8.90. The van der Waals surface area contributed by atoms with Gasteiger partial charge in [0.15, 0.2) is 5.60 Å². The quantitative estimate of drug-likeness (QED) is 0.208. The third kappa shape index (κ3) is 17.2. The van der Waals surface area contributed by atoms with E-state index in [0.29, 0.717) is 0 Å². The zero-order valence-electron chi connectivity index (χ0n) is 11.5. The van der Waals surface area contributed by atoms with Crippen molar-refractivity contribution in [2.45, 2.75) is 18.4 Å². The first kappa shape index (κ1) is 29.2. The molecule has 14 heteroatoms. The van der Waals surface area contributed by atoms with E-state index >= 15 is 0 Å². The molecule has 0 radical (unpaired) electrons. The van der Waals surface area contributed by atoms with Crippen molar-refractivity contribution in [1.82, 2.24) is 0 Å². The SMILES string of the molecule is O=C(O)CC(O)(CC(=O)O)C(=O)O.O=C([O-])OC(=O)[O-].[Na+].[Na+]. The molecule has 0 atom stereocenters. The van der Waals surface area contributed by atoms with Crippen LogP contribution in [0.3, 0.4) is 0 Å². The van der Waals surface area contributed by atoms with Crippen molar-refractivity contribution in [3.8, 4) is 0 Å². The summed E-state index contributed by atoms with van der Waals surface area (Å²) in [5.41, 5.74) is -2.74. The van der Waals surface area contributed by atoms with Gasteiger partial charge in [0.05, 0.1) is 12.8 Å². The van der Waals surface area contributed by atoms with Gasteiger partial charge in [-0.05, 0) is 0 Å². The average Bonchev–Trinajstić information content (AvgIpc) is 2.12. The monoisotopic (exact) mass is 342 g/mol. The molecule has 0 spiro atoms. The van der Waals surface area contributed by atoms with Crippen LogP contribution < -0.4 is 69.3 Å². The summed E-state index contributed by atoms with van der Waals surface area (Å²) in [4.78, 5) is 48.6. The first-order valence-electron chi connectivity index (χ1n) is 4.40. The van der Waals surface area contributed by atoms with E-state index in [1.807, 2.05) is 0 Å². The Morgan fingerprint density at radius 3 is 1.18 bits per heavy atom. The Morgan fingerprint density at radius 1 is 0.818 bits per heavy atom. The molecule has 0 aliphatic heterocycles. The minimum absolute atomic E-state index is 0. The summed E-state index contributed by atoms with van der Waals surface area (Å²) in [5, 5.41) is 51.9. The third-order valence-corrected chi connectivity index (χ3v) is 1.45. The number of ether oxygens (including phenoxy) is 1. The van der Waals surface area contributed by atoms with Crippen molar-refractivity contribution in [3.05, 3.63) is 0 Å². The van der Waals surface area contributed by atoms with Crippen molar-refractivity contribution >= 4 is 30.2 Å². The second-order valence-electron chi connectivity index (χ2n) is 3.08. The summed E-state index contributed by atoms with van der Waals surface area (Å²) in [6, 6.07) is 0. The van der Waals surface area contributed by atoms with Crippen LogP contribution >= 0.6 is 0 Å². The van der Waals surface area contributed by atoms with Crippen molar-refractivity contribution < 1.29 is 118 Å². The van der Waals surface area contributed by atoms with E-state index in [1.165, 1.54) is 0 Å². The van der Waals surface area contributed by atoms with Crippen LogP contribution in [0.25, 0.3) is 0 Å². The van der Waals surface area contributed by atoms with Gasteiger partial charge in [0, 0.05) is 0 Å². The summed E-state index contributed by atoms with van der Waals surface area (Å²) in [6.07, 6.45) is -6.54. The maximum absolute atomic E-state index is 10.3. The molecule has 4 N–H and O–H groups in total. The number of hydrogen-bond donors (Lipinski definition) is 4. The number of carboxylic acid groups (broad SMARTS) is 5. The van der Waals surface area contributed by atoms with Gasteiger partial charge >= 0.3 is 77.0 Å². The molecule has 0 fully saturated rings. The molecular weight excluding hydrogens is 334 g/mol. The number of rotatable bonds is 5. The second kappa shape index (κ2) is 13.8. The van der Waals surface area contributed by atoms with Gasteiger partial charge in [0.2, 0.25) is 0 Å². The number of carboxylic acids is 3. The molecule has 0 aromatic rings. The standard InChI is InChI=1S/C6H8O7.C2H2O5.2Na/c7-3(8)1-6(13,5(11)12)2-4(9)10;3-1(4)7-2(5)6;;/h13H,1-2H2,(H,7,8)(H,9,10)(H,11,12);(H,3,4)(H,5,6);;/q;;2*+1/p-2. The Bertz CT molecular complexity index is 391. The summed E-state index contributed by atoms with van der Waals surface area (Å²) in [5.74, 6) is -5.02. The van der Waals surface area contributed by atoms with E-state index < -0.39 is 48.7 Å². The van der Waals surface area contributed by atoms with Gasteiger partial charge < -0.3 is 45.0 Å². The molecule has 114 valence electrons. The fraction of sp³-hybridized carbons (Fsp3) is 0.375. The molecule has 0 unspecified atom stereocenters. The van der Waals surface area contributed by atoms with E-state index in [9.17, 15) is 14.4 Å². The first-order valence-corrected chi connectivity index (χ1v) is 4.40. The van der Waals surface area contributed by atoms with Crippen LogP contribution in [0.4, 0.5) is 9.59 Å². The van der Waals surface area contributed by atoms with E-state index in [-0.39, 0.29) is 59.1 Å². The Morgan fingerprint density at radius 2 is 1.09 bits per heavy atom. The Hall–Kier alpha value is -0.890. The molecule has 0 rings (SSSR count). The number of hydrogen-bond acceptors (Lipinski definition) is 9. The van der Waals surface area contributed by atoms with Crippen molar-refractivity contribution in [1.29, 1.82) is 0 Å². The average molecular weight is 342 g/mol. The molecule has 0 saturated heterocycles. The topological polar surface area (TPSA) is 222 Å². The number of aliphatic hydroxyl groups is 1. The number of carbonyl (C=O) groups is 5. The van der Waals surface area contributed by atoms with Gasteiger partial charge in [0.1, 0.15) is 0 Å². The van der Waals surface area contributed by atoms with Crippen molar-refractivity contribution in [2.75, 3.05) is 0 Å². The molecule has 0 aromatic heterocycles. The molecule has 12 nitrogen and oxygen atoms in total. The predicted octanol–water partition coefficient (Wildman–Crippen LogP) is -9.55. The second-order valence-corrected chi connectivity index (χ2v) is 3.08. The zero-order valence-corrected chi connectivity index (χ0v) is 15.5. The smallest absolute Gasteiger partial charge is 0.483 e. The Balaban J connectivity index is -0.000000156. The molecular formula is C8H8Na2O12. The van der Waals surface area contributed by atoms with Crippen LogP contribution in [0.15, 0.2) is 0 Å². The predicted molar refractivity (Wildman–Crippen MR) is 49.0 cm³/mol. The van der Waals surface area contributed by atoms with Crippen LogP contribution in [0, 0.1) is 0 Å². The molecule has 0 aliphatic rings. The van der Waals surface area contributed by atoms with Gasteiger partial charge in [-0.3, -0.25) is 9.59 Å². The third-order valence-electron chi connectivity index (χ3n) is 1.45. The van der Waals surface area contributed by atoms with Gasteiger partial charge in [-0.1, -0.05) is 0 Å². The van der Waals surface area contributed by atoms with E-state index in [0.717, 1.165) is 0 Å². The van der Waals surface area contributed by atoms with Crippen molar-refractivity contribution in [3.63, 3.8) is 0 Å². The summed E-state index contributed by atoms with van der Waals surface area (Å²) in [6.45, 7) is 0. The summed E-state index contributed by atoms with van der Waals surface area (Å²) in [7, 11) is 0. The Labute approximate surface area is 166 Å². The van der Waals surface area contributed by atoms with Crippen LogP contribution in [0.1, 0.15) is 12.8 Å². The van der Waals surface area contributed by atoms with Crippen LogP contribution in [0.5, 0.6) is 0 Å². The molecule has 0 bridgehead atoms. The molecule has 0 aliphatic carbocycles. The number of carbonyl (C=O) groups excluding carboxylic acids is 2. The largest absolute Gasteiger partial charge is 1.00 e. The van der Waals surface area contributed by atoms with Crippen molar-refractivity contribution in [2.24, 2.45) is 0 Å². The summed E-state index contributed by atoms with van der Waals surface area (Å²) >= 11 is 0. The number of aliphatic carboxylic acids is 3. The molecule has 0 saturated carbocycles. The normalized spacial score (nSPS) is 8.77. The van der Waals surface area contributed by atoms with Crippen LogP contribution in [-0.4, -0.2) is 56.2 Å². The molecule has 0 amide bonds. The minimum atomic E-state index is -2.74. The maximum Gasteiger partial charge on any atom is 1.00 e. The van der Waals surface area contributed by atoms with Gasteiger partial charge in [0.25, 0.3) is 12.3 Å². The molecule has 0 aromatic carbocycles. The summed E-state index contributed by atoms with van der Waals surface area (Å²) < 4.78 is 2.86. The van der Waals surface area contributed by atoms with Crippen LogP contribution in [0.2, 0.25) is 0 Å². The van der Waals surface area contributed by atoms with Crippen LogP contribution in [-0.2, 0) is 19.1 Å². The van der Waals surface area contributed by atoms with Gasteiger partial charge in [-0.25, -0.2) is 4.79 Å². The fourth-order valence-electron chi connectivity index (χ4n) is 0.782. The molecule has 22 heavy (non-hydrogen) atoms. The molecule has 0 heterocycles.